The summed E-state index contributed by atoms with van der Waals surface area (Å²) in [5.74, 6) is 0.385. The highest BCUT2D eigenvalue weighted by atomic mass is 19.0. The number of unbranched alkanes of at least 4 members (excludes halogenated alkanes) is 4. The van der Waals surface area contributed by atoms with Crippen molar-refractivity contribution >= 4 is 28.2 Å². The van der Waals surface area contributed by atoms with Gasteiger partial charge in [0.15, 0.2) is 0 Å². The highest BCUT2D eigenvalue weighted by Gasteiger charge is 2.30. The largest absolute Gasteiger partial charge is 1.00 e. The summed E-state index contributed by atoms with van der Waals surface area (Å²) in [6.45, 7) is 21.8. The Labute approximate surface area is 270 Å². The van der Waals surface area contributed by atoms with Crippen LogP contribution in [0.15, 0.2) is 18.5 Å². The first-order valence-electron chi connectivity index (χ1n) is 17.2. The van der Waals surface area contributed by atoms with Gasteiger partial charge >= 0.3 is 6.09 Å². The van der Waals surface area contributed by atoms with Gasteiger partial charge in [-0.15, -0.1) is 0 Å². The number of fused-ring (bicyclic) bond motifs is 3. The zero-order valence-corrected chi connectivity index (χ0v) is 29.0. The van der Waals surface area contributed by atoms with Crippen molar-refractivity contribution in [1.29, 1.82) is 5.26 Å². The smallest absolute Gasteiger partial charge is 0.410 e. The fraction of sp³-hybridized carbons (Fsp3) is 0.714. The molecule has 0 aromatic carbocycles. The van der Waals surface area contributed by atoms with Gasteiger partial charge in [0.25, 0.3) is 0 Å². The van der Waals surface area contributed by atoms with Gasteiger partial charge in [0, 0.05) is 30.7 Å². The first kappa shape index (κ1) is 38.0. The van der Waals surface area contributed by atoms with E-state index >= 15 is 0 Å². The van der Waals surface area contributed by atoms with Crippen LogP contribution in [-0.4, -0.2) is 79.9 Å². The molecule has 9 nitrogen and oxygen atoms in total. The number of nitrogens with zero attached hydrogens (tertiary/aromatic N) is 6. The summed E-state index contributed by atoms with van der Waals surface area (Å²) in [5, 5.41) is 10.5. The number of pyridine rings is 1. The molecule has 0 aliphatic carbocycles. The van der Waals surface area contributed by atoms with E-state index in [4.69, 9.17) is 4.74 Å². The van der Waals surface area contributed by atoms with E-state index in [1.165, 1.54) is 82.0 Å². The number of ether oxygens (including phenoxy) is 1. The Morgan fingerprint density at radius 1 is 1.00 bits per heavy atom. The third kappa shape index (κ3) is 10.4. The molecule has 1 saturated heterocycles. The summed E-state index contributed by atoms with van der Waals surface area (Å²) < 4.78 is 8.90. The molecule has 0 atom stereocenters. The predicted octanol–water partition coefficient (Wildman–Crippen LogP) is 5.36. The van der Waals surface area contributed by atoms with Crippen LogP contribution in [0.25, 0.3) is 22.1 Å². The van der Waals surface area contributed by atoms with Gasteiger partial charge in [0.2, 0.25) is 5.82 Å². The first-order valence-corrected chi connectivity index (χ1v) is 17.2. The van der Waals surface area contributed by atoms with E-state index in [9.17, 15) is 10.1 Å². The average Bonchev–Trinajstić information content (AvgIpc) is 3.64. The number of hydrogen-bond acceptors (Lipinski definition) is 5. The topological polar surface area (TPSA) is 99.8 Å². The number of imidazole rings is 1. The third-order valence-corrected chi connectivity index (χ3v) is 8.76. The van der Waals surface area contributed by atoms with E-state index in [2.05, 4.69) is 48.7 Å². The number of nitriles is 1. The summed E-state index contributed by atoms with van der Waals surface area (Å²) >= 11 is 0. The Morgan fingerprint density at radius 2 is 1.53 bits per heavy atom. The lowest BCUT2D eigenvalue weighted by molar-refractivity contribution is -0.929. The lowest BCUT2D eigenvalue weighted by Gasteiger charge is -2.39. The molecule has 1 amide bonds. The van der Waals surface area contributed by atoms with Crippen LogP contribution in [0.4, 0.5) is 4.79 Å². The number of quaternary nitrogens is 1. The molecule has 4 rings (SSSR count). The maximum Gasteiger partial charge on any atom is 0.410 e. The molecule has 3 aromatic heterocycles. The van der Waals surface area contributed by atoms with Crippen molar-refractivity contribution in [3.63, 3.8) is 0 Å². The number of H-pyrrole nitrogens is 1. The summed E-state index contributed by atoms with van der Waals surface area (Å²) in [4.78, 5) is 26.0. The van der Waals surface area contributed by atoms with Crippen LogP contribution >= 0.6 is 0 Å². The standard InChI is InChI=1S/C19H22N6O2.C16H36N.FH/c1-19(2,3)27-18(26)24-8-5-12(6-9-24)25-15(10-20)23-14-11-22-17-13(16(14)25)4-7-21-17;1-5-9-13-17(14-10-6-2,15-11-7-3)16-12-8-4;/h4,7,11-12H,5-6,8-9H2,1-3H3,(H,21,22);5-16H2,1-4H3;1H/q;+1;/p-1. The van der Waals surface area contributed by atoms with Crippen LogP contribution in [0.1, 0.15) is 125 Å². The van der Waals surface area contributed by atoms with E-state index in [0.29, 0.717) is 24.4 Å². The van der Waals surface area contributed by atoms with E-state index in [1.54, 1.807) is 11.1 Å². The number of aromatic nitrogens is 4. The number of aromatic amines is 1. The van der Waals surface area contributed by atoms with E-state index < -0.39 is 5.60 Å². The molecule has 1 fully saturated rings. The molecule has 0 spiro atoms. The second-order valence-electron chi connectivity index (χ2n) is 13.5. The highest BCUT2D eigenvalue weighted by Crippen LogP contribution is 2.32. The van der Waals surface area contributed by atoms with Gasteiger partial charge in [-0.2, -0.15) is 5.26 Å². The number of piperidine rings is 1. The Kier molecular flexibility index (Phi) is 15.3. The molecule has 252 valence electrons. The molecule has 0 bridgehead atoms. The SMILES string of the molecule is CC(C)(C)OC(=O)N1CCC(n2c(C#N)nc3cnc4[nH]ccc4c32)CC1.CCCC[N+](CCCC)(CCCC)CCCC.[F-]. The van der Waals surface area contributed by atoms with E-state index in [-0.39, 0.29) is 16.8 Å². The van der Waals surface area contributed by atoms with Crippen molar-refractivity contribution < 1.29 is 18.7 Å². The quantitative estimate of drug-likeness (QED) is 0.257. The Morgan fingerprint density at radius 3 is 2.00 bits per heavy atom. The summed E-state index contributed by atoms with van der Waals surface area (Å²) in [5.41, 5.74) is 1.91. The number of hydrogen-bond donors (Lipinski definition) is 1. The molecule has 45 heavy (non-hydrogen) atoms. The predicted molar refractivity (Wildman–Crippen MR) is 180 cm³/mol. The van der Waals surface area contributed by atoms with Crippen LogP contribution < -0.4 is 4.70 Å². The van der Waals surface area contributed by atoms with Crippen molar-refractivity contribution in [3.05, 3.63) is 24.3 Å². The van der Waals surface area contributed by atoms with E-state index in [1.807, 2.05) is 37.6 Å². The van der Waals surface area contributed by atoms with Crippen molar-refractivity contribution in [1.82, 2.24) is 24.4 Å². The molecule has 1 aliphatic rings. The van der Waals surface area contributed by atoms with Crippen molar-refractivity contribution in [3.8, 4) is 6.07 Å². The third-order valence-electron chi connectivity index (χ3n) is 8.76. The lowest BCUT2D eigenvalue weighted by atomic mass is 10.0. The number of rotatable bonds is 13. The highest BCUT2D eigenvalue weighted by molar-refractivity contribution is 6.01. The minimum Gasteiger partial charge on any atom is -1.00 e. The van der Waals surface area contributed by atoms with Crippen LogP contribution in [0.5, 0.6) is 0 Å². The Hall–Kier alpha value is -3.19. The van der Waals surface area contributed by atoms with Crippen LogP contribution in [0.2, 0.25) is 0 Å². The molecule has 3 aromatic rings. The van der Waals surface area contributed by atoms with Crippen LogP contribution in [0.3, 0.4) is 0 Å². The molecule has 0 radical (unpaired) electrons. The molecule has 10 heteroatoms. The number of amides is 1. The minimum absolute atomic E-state index is 0. The number of halogens is 1. The summed E-state index contributed by atoms with van der Waals surface area (Å²) in [6.07, 6.45) is 15.8. The maximum absolute atomic E-state index is 12.3. The number of likely N-dealkylation sites (tertiary alicyclic amines) is 1. The van der Waals surface area contributed by atoms with Crippen molar-refractivity contribution in [2.24, 2.45) is 0 Å². The van der Waals surface area contributed by atoms with Gasteiger partial charge in [-0.25, -0.2) is 14.8 Å². The second kappa shape index (κ2) is 18.1. The molecule has 0 saturated carbocycles. The fourth-order valence-electron chi connectivity index (χ4n) is 6.30. The Bertz CT molecular complexity index is 1310. The normalized spacial score (nSPS) is 14.1. The minimum atomic E-state index is -0.505. The van der Waals surface area contributed by atoms with Gasteiger partial charge < -0.3 is 28.4 Å². The molecule has 4 heterocycles. The van der Waals surface area contributed by atoms with Crippen LogP contribution in [0, 0.1) is 11.3 Å². The van der Waals surface area contributed by atoms with Gasteiger partial charge in [0.1, 0.15) is 22.8 Å². The van der Waals surface area contributed by atoms with Gasteiger partial charge in [-0.05, 0) is 65.4 Å². The number of carbonyl (C=O) groups excluding carboxylic acids is 1. The van der Waals surface area contributed by atoms with Gasteiger partial charge in [-0.1, -0.05) is 53.4 Å². The van der Waals surface area contributed by atoms with Gasteiger partial charge in [-0.3, -0.25) is 0 Å². The first-order chi connectivity index (χ1) is 21.1. The van der Waals surface area contributed by atoms with Gasteiger partial charge in [0.05, 0.1) is 37.9 Å². The number of nitrogens with one attached hydrogen (secondary N) is 1. The summed E-state index contributed by atoms with van der Waals surface area (Å²) in [7, 11) is 0. The Balaban J connectivity index is 0.000000343. The molecule has 1 N–H and O–H groups in total. The zero-order valence-electron chi connectivity index (χ0n) is 29.0. The van der Waals surface area contributed by atoms with Crippen molar-refractivity contribution in [2.75, 3.05) is 39.3 Å². The number of carbonyl (C=O) groups is 1. The monoisotopic (exact) mass is 627 g/mol. The molecular formula is C35H58FN7O2. The van der Waals surface area contributed by atoms with E-state index in [0.717, 1.165) is 29.4 Å². The zero-order chi connectivity index (χ0) is 32.2. The fourth-order valence-corrected chi connectivity index (χ4v) is 6.30. The average molecular weight is 628 g/mol. The molecule has 0 unspecified atom stereocenters. The van der Waals surface area contributed by atoms with Crippen molar-refractivity contribution in [2.45, 2.75) is 124 Å². The lowest BCUT2D eigenvalue weighted by Crippen LogP contribution is -3.00. The molecular weight excluding hydrogens is 569 g/mol. The maximum atomic E-state index is 12.3. The summed E-state index contributed by atoms with van der Waals surface area (Å²) in [6, 6.07) is 4.27. The molecule has 1 aliphatic heterocycles. The van der Waals surface area contributed by atoms with Crippen LogP contribution in [-0.2, 0) is 4.74 Å². The second-order valence-corrected chi connectivity index (χ2v) is 13.5.